The molecular weight excluding hydrogens is 248 g/mol. The molecule has 7 heteroatoms. The number of aliphatic hydroxyl groups excluding tert-OH is 1. The summed E-state index contributed by atoms with van der Waals surface area (Å²) in [6.45, 7) is 0. The standard InChI is InChI=1S/C10H16O6S/c11-8-1-2-9-6(4-8)3-7(10(12)16-9)5-17(13,14)15/h6-9,11H,1-5H2,(H,13,14,15). The highest BCUT2D eigenvalue weighted by Crippen LogP contribution is 2.36. The molecule has 1 saturated carbocycles. The summed E-state index contributed by atoms with van der Waals surface area (Å²) in [5, 5.41) is 9.52. The molecule has 0 radical (unpaired) electrons. The molecule has 2 aliphatic rings. The van der Waals surface area contributed by atoms with Gasteiger partial charge in [-0.15, -0.1) is 0 Å². The normalized spacial score (nSPS) is 38.4. The number of esters is 1. The predicted octanol–water partition coefficient (Wildman–Crippen LogP) is -0.0331. The molecule has 0 aromatic rings. The van der Waals surface area contributed by atoms with Gasteiger partial charge in [-0.1, -0.05) is 0 Å². The van der Waals surface area contributed by atoms with E-state index in [0.717, 1.165) is 0 Å². The molecule has 4 unspecified atom stereocenters. The topological polar surface area (TPSA) is 101 Å². The van der Waals surface area contributed by atoms with Crippen molar-refractivity contribution in [3.63, 3.8) is 0 Å². The molecule has 0 aromatic carbocycles. The summed E-state index contributed by atoms with van der Waals surface area (Å²) in [7, 11) is -4.17. The Morgan fingerprint density at radius 2 is 2.00 bits per heavy atom. The van der Waals surface area contributed by atoms with Crippen LogP contribution in [0.1, 0.15) is 25.7 Å². The third-order valence-corrected chi connectivity index (χ3v) is 4.31. The molecule has 1 saturated heterocycles. The van der Waals surface area contributed by atoms with Crippen molar-refractivity contribution < 1.29 is 27.6 Å². The van der Waals surface area contributed by atoms with Crippen LogP contribution in [-0.2, 0) is 19.6 Å². The second kappa shape index (κ2) is 4.55. The van der Waals surface area contributed by atoms with Gasteiger partial charge in [0.2, 0.25) is 0 Å². The van der Waals surface area contributed by atoms with Crippen LogP contribution in [0.5, 0.6) is 0 Å². The van der Waals surface area contributed by atoms with E-state index < -0.39 is 33.9 Å². The van der Waals surface area contributed by atoms with E-state index in [1.165, 1.54) is 0 Å². The Morgan fingerprint density at radius 1 is 1.29 bits per heavy atom. The summed E-state index contributed by atoms with van der Waals surface area (Å²) in [5.74, 6) is -1.95. The summed E-state index contributed by atoms with van der Waals surface area (Å²) < 4.78 is 35.5. The van der Waals surface area contributed by atoms with Crippen molar-refractivity contribution in [3.8, 4) is 0 Å². The number of fused-ring (bicyclic) bond motifs is 1. The van der Waals surface area contributed by atoms with Crippen LogP contribution < -0.4 is 0 Å². The van der Waals surface area contributed by atoms with Gasteiger partial charge in [0.15, 0.2) is 0 Å². The highest BCUT2D eigenvalue weighted by Gasteiger charge is 2.42. The molecule has 2 rings (SSSR count). The lowest BCUT2D eigenvalue weighted by Gasteiger charge is -2.39. The fourth-order valence-corrected chi connectivity index (χ4v) is 3.49. The molecule has 6 nitrogen and oxygen atoms in total. The van der Waals surface area contributed by atoms with E-state index in [1.54, 1.807) is 0 Å². The van der Waals surface area contributed by atoms with Crippen molar-refractivity contribution in [1.82, 2.24) is 0 Å². The second-order valence-corrected chi connectivity index (χ2v) is 6.38. The second-order valence-electron chi connectivity index (χ2n) is 4.88. The van der Waals surface area contributed by atoms with Crippen molar-refractivity contribution in [1.29, 1.82) is 0 Å². The molecule has 2 fully saturated rings. The number of hydrogen-bond acceptors (Lipinski definition) is 5. The molecule has 0 amide bonds. The van der Waals surface area contributed by atoms with E-state index in [2.05, 4.69) is 0 Å². The Morgan fingerprint density at radius 3 is 2.65 bits per heavy atom. The quantitative estimate of drug-likeness (QED) is 0.536. The minimum atomic E-state index is -4.17. The van der Waals surface area contributed by atoms with Gasteiger partial charge in [0.1, 0.15) is 6.10 Å². The Labute approximate surface area is 99.7 Å². The Bertz CT molecular complexity index is 403. The van der Waals surface area contributed by atoms with E-state index >= 15 is 0 Å². The van der Waals surface area contributed by atoms with Crippen LogP contribution in [0.3, 0.4) is 0 Å². The zero-order valence-electron chi connectivity index (χ0n) is 9.28. The monoisotopic (exact) mass is 264 g/mol. The first-order valence-corrected chi connectivity index (χ1v) is 7.30. The fourth-order valence-electron chi connectivity index (χ4n) is 2.71. The largest absolute Gasteiger partial charge is 0.462 e. The van der Waals surface area contributed by atoms with Crippen LogP contribution in [-0.4, -0.2) is 42.0 Å². The minimum absolute atomic E-state index is 0.00296. The van der Waals surface area contributed by atoms with Crippen molar-refractivity contribution in [2.24, 2.45) is 11.8 Å². The molecule has 0 bridgehead atoms. The third-order valence-electron chi connectivity index (χ3n) is 3.48. The predicted molar refractivity (Wildman–Crippen MR) is 57.8 cm³/mol. The molecule has 0 spiro atoms. The molecule has 2 N–H and O–H groups in total. The molecule has 17 heavy (non-hydrogen) atoms. The van der Waals surface area contributed by atoms with E-state index in [9.17, 15) is 18.3 Å². The maximum Gasteiger partial charge on any atom is 0.310 e. The molecule has 98 valence electrons. The van der Waals surface area contributed by atoms with E-state index in [1.807, 2.05) is 0 Å². The number of carbonyl (C=O) groups excluding carboxylic acids is 1. The van der Waals surface area contributed by atoms with Crippen LogP contribution in [0.25, 0.3) is 0 Å². The lowest BCUT2D eigenvalue weighted by atomic mass is 9.78. The lowest BCUT2D eigenvalue weighted by molar-refractivity contribution is -0.170. The minimum Gasteiger partial charge on any atom is -0.462 e. The number of aliphatic hydroxyl groups is 1. The van der Waals surface area contributed by atoms with Crippen molar-refractivity contribution in [2.75, 3.05) is 5.75 Å². The van der Waals surface area contributed by atoms with Crippen molar-refractivity contribution in [3.05, 3.63) is 0 Å². The lowest BCUT2D eigenvalue weighted by Crippen LogP contribution is -2.44. The van der Waals surface area contributed by atoms with E-state index in [0.29, 0.717) is 25.7 Å². The van der Waals surface area contributed by atoms with Crippen molar-refractivity contribution >= 4 is 16.1 Å². The zero-order chi connectivity index (χ0) is 12.6. The van der Waals surface area contributed by atoms with Gasteiger partial charge < -0.3 is 9.84 Å². The van der Waals surface area contributed by atoms with Crippen LogP contribution in [0.4, 0.5) is 0 Å². The maximum absolute atomic E-state index is 11.5. The highest BCUT2D eigenvalue weighted by atomic mass is 32.2. The molecule has 4 atom stereocenters. The smallest absolute Gasteiger partial charge is 0.310 e. The van der Waals surface area contributed by atoms with Gasteiger partial charge in [-0.05, 0) is 31.6 Å². The fraction of sp³-hybridized carbons (Fsp3) is 0.900. The summed E-state index contributed by atoms with van der Waals surface area (Å²) in [6, 6.07) is 0. The van der Waals surface area contributed by atoms with Crippen LogP contribution in [0, 0.1) is 11.8 Å². The average Bonchev–Trinajstić information content (AvgIpc) is 2.17. The average molecular weight is 264 g/mol. The van der Waals surface area contributed by atoms with Gasteiger partial charge in [-0.25, -0.2) is 0 Å². The summed E-state index contributed by atoms with van der Waals surface area (Å²) in [6.07, 6.45) is 1.51. The molecule has 1 heterocycles. The first-order chi connectivity index (χ1) is 7.85. The van der Waals surface area contributed by atoms with Gasteiger partial charge in [-0.3, -0.25) is 9.35 Å². The third kappa shape index (κ3) is 3.17. The van der Waals surface area contributed by atoms with Crippen molar-refractivity contribution in [2.45, 2.75) is 37.9 Å². The molecule has 1 aliphatic heterocycles. The van der Waals surface area contributed by atoms with Crippen LogP contribution >= 0.6 is 0 Å². The molecule has 1 aliphatic carbocycles. The number of ether oxygens (including phenoxy) is 1. The van der Waals surface area contributed by atoms with Gasteiger partial charge >= 0.3 is 5.97 Å². The van der Waals surface area contributed by atoms with E-state index in [-0.39, 0.29) is 12.0 Å². The maximum atomic E-state index is 11.5. The number of hydrogen-bond donors (Lipinski definition) is 2. The van der Waals surface area contributed by atoms with Gasteiger partial charge in [0.05, 0.1) is 17.8 Å². The number of rotatable bonds is 2. The Kier molecular flexibility index (Phi) is 3.42. The molecular formula is C10H16O6S. The zero-order valence-corrected chi connectivity index (χ0v) is 10.1. The van der Waals surface area contributed by atoms with Crippen LogP contribution in [0.15, 0.2) is 0 Å². The van der Waals surface area contributed by atoms with Crippen LogP contribution in [0.2, 0.25) is 0 Å². The highest BCUT2D eigenvalue weighted by molar-refractivity contribution is 7.85. The number of carbonyl (C=O) groups is 1. The Balaban J connectivity index is 2.04. The van der Waals surface area contributed by atoms with E-state index in [4.69, 9.17) is 9.29 Å². The van der Waals surface area contributed by atoms with Gasteiger partial charge in [-0.2, -0.15) is 8.42 Å². The molecule has 0 aromatic heterocycles. The van der Waals surface area contributed by atoms with Gasteiger partial charge in [0.25, 0.3) is 10.1 Å². The first-order valence-electron chi connectivity index (χ1n) is 5.69. The summed E-state index contributed by atoms with van der Waals surface area (Å²) >= 11 is 0. The Hall–Kier alpha value is -0.660. The SMILES string of the molecule is O=C1OC2CCC(O)CC2CC1CS(=O)(=O)O. The summed E-state index contributed by atoms with van der Waals surface area (Å²) in [4.78, 5) is 11.5. The first kappa shape index (κ1) is 12.8. The van der Waals surface area contributed by atoms with Gasteiger partial charge in [0, 0.05) is 0 Å². The summed E-state index contributed by atoms with van der Waals surface area (Å²) in [5.41, 5.74) is 0.